The van der Waals surface area contributed by atoms with Crippen molar-refractivity contribution in [2.75, 3.05) is 0 Å². The molecule has 0 radical (unpaired) electrons. The number of benzene rings is 2. The van der Waals surface area contributed by atoms with E-state index < -0.39 is 0 Å². The number of hydrogen-bond acceptors (Lipinski definition) is 1. The summed E-state index contributed by atoms with van der Waals surface area (Å²) < 4.78 is 3.70. The van der Waals surface area contributed by atoms with Gasteiger partial charge in [-0.2, -0.15) is 0 Å². The third-order valence-electron chi connectivity index (χ3n) is 2.82. The minimum Gasteiger partial charge on any atom is -0.330 e. The summed E-state index contributed by atoms with van der Waals surface area (Å²) in [5.41, 5.74) is 2.82. The van der Waals surface area contributed by atoms with Crippen LogP contribution in [0.2, 0.25) is 10.0 Å². The molecule has 0 aliphatic rings. The second-order valence-electron chi connectivity index (χ2n) is 4.00. The van der Waals surface area contributed by atoms with Gasteiger partial charge in [-0.3, -0.25) is 4.57 Å². The summed E-state index contributed by atoms with van der Waals surface area (Å²) in [6.45, 7) is 0. The van der Waals surface area contributed by atoms with Crippen molar-refractivity contribution in [3.63, 3.8) is 0 Å². The van der Waals surface area contributed by atoms with Gasteiger partial charge in [0, 0.05) is 3.57 Å². The van der Waals surface area contributed by atoms with E-state index in [-0.39, 0.29) is 0 Å². The second kappa shape index (κ2) is 5.09. The van der Waals surface area contributed by atoms with Crippen molar-refractivity contribution in [2.24, 2.45) is 0 Å². The van der Waals surface area contributed by atoms with E-state index in [2.05, 4.69) is 27.6 Å². The molecule has 0 aliphatic heterocycles. The van der Waals surface area contributed by atoms with Crippen LogP contribution >= 0.6 is 58.0 Å². The van der Waals surface area contributed by atoms with Gasteiger partial charge >= 0.3 is 0 Å². The number of imidazole rings is 1. The highest BCUT2D eigenvalue weighted by Gasteiger charge is 2.11. The lowest BCUT2D eigenvalue weighted by Gasteiger charge is -2.07. The van der Waals surface area contributed by atoms with Gasteiger partial charge in [0.05, 0.1) is 26.8 Å². The van der Waals surface area contributed by atoms with Gasteiger partial charge in [0.15, 0.2) is 4.77 Å². The molecule has 0 fully saturated rings. The lowest BCUT2D eigenvalue weighted by Crippen LogP contribution is -1.96. The number of aromatic amines is 1. The van der Waals surface area contributed by atoms with Crippen LogP contribution in [0.25, 0.3) is 16.7 Å². The molecule has 2 aromatic carbocycles. The minimum absolute atomic E-state index is 0.514. The Bertz CT molecular complexity index is 838. The number of nitrogens with one attached hydrogen (secondary N) is 1. The average molecular weight is 421 g/mol. The molecule has 1 N–H and O–H groups in total. The number of hydrogen-bond donors (Lipinski definition) is 1. The van der Waals surface area contributed by atoms with Gasteiger partial charge in [-0.15, -0.1) is 0 Å². The molecule has 0 saturated carbocycles. The van der Waals surface area contributed by atoms with E-state index in [1.807, 2.05) is 34.9 Å². The first-order chi connectivity index (χ1) is 9.08. The third kappa shape index (κ3) is 2.31. The quantitative estimate of drug-likeness (QED) is 0.401. The molecule has 0 atom stereocenters. The molecule has 19 heavy (non-hydrogen) atoms. The van der Waals surface area contributed by atoms with E-state index in [0.717, 1.165) is 20.3 Å². The fraction of sp³-hybridized carbons (Fsp3) is 0. The van der Waals surface area contributed by atoms with E-state index in [9.17, 15) is 0 Å². The summed E-state index contributed by atoms with van der Waals surface area (Å²) in [4.78, 5) is 3.15. The van der Waals surface area contributed by atoms with Gasteiger partial charge in [-0.25, -0.2) is 0 Å². The number of H-pyrrole nitrogens is 1. The Kier molecular flexibility index (Phi) is 3.59. The zero-order valence-corrected chi connectivity index (χ0v) is 13.9. The smallest absolute Gasteiger partial charge is 0.182 e. The minimum atomic E-state index is 0.514. The molecule has 6 heteroatoms. The van der Waals surface area contributed by atoms with Gasteiger partial charge in [0.2, 0.25) is 0 Å². The first-order valence-electron chi connectivity index (χ1n) is 5.42. The first kappa shape index (κ1) is 13.4. The highest BCUT2D eigenvalue weighted by atomic mass is 127. The molecule has 0 saturated heterocycles. The van der Waals surface area contributed by atoms with Crippen LogP contribution in [0.5, 0.6) is 0 Å². The maximum absolute atomic E-state index is 6.10. The Labute approximate surface area is 138 Å². The normalized spacial score (nSPS) is 11.1. The molecule has 1 aromatic heterocycles. The van der Waals surface area contributed by atoms with Crippen LogP contribution in [-0.4, -0.2) is 9.55 Å². The van der Waals surface area contributed by atoms with Crippen LogP contribution in [0.15, 0.2) is 36.4 Å². The molecule has 3 rings (SSSR count). The lowest BCUT2D eigenvalue weighted by molar-refractivity contribution is 1.06. The molecular formula is C13H7Cl2IN2S. The van der Waals surface area contributed by atoms with Crippen LogP contribution in [-0.2, 0) is 0 Å². The SMILES string of the molecule is S=c1[nH]c2cc(Cl)c(Cl)cc2n1-c1ccccc1I. The zero-order chi connectivity index (χ0) is 13.6. The summed E-state index contributed by atoms with van der Waals surface area (Å²) in [6.07, 6.45) is 0. The maximum atomic E-state index is 6.10. The Morgan fingerprint density at radius 1 is 1.11 bits per heavy atom. The molecule has 0 bridgehead atoms. The predicted octanol–water partition coefficient (Wildman–Crippen LogP) is 5.60. The molecule has 96 valence electrons. The third-order valence-corrected chi connectivity index (χ3v) is 4.74. The Morgan fingerprint density at radius 2 is 1.79 bits per heavy atom. The second-order valence-corrected chi connectivity index (χ2v) is 6.36. The van der Waals surface area contributed by atoms with Crippen molar-refractivity contribution in [1.82, 2.24) is 9.55 Å². The Hall–Kier alpha value is -0.560. The summed E-state index contributed by atoms with van der Waals surface area (Å²) in [6, 6.07) is 11.7. The highest BCUT2D eigenvalue weighted by molar-refractivity contribution is 14.1. The largest absolute Gasteiger partial charge is 0.330 e. The van der Waals surface area contributed by atoms with E-state index in [4.69, 9.17) is 35.4 Å². The van der Waals surface area contributed by atoms with Crippen molar-refractivity contribution < 1.29 is 0 Å². The molecular weight excluding hydrogens is 414 g/mol. The first-order valence-corrected chi connectivity index (χ1v) is 7.67. The van der Waals surface area contributed by atoms with E-state index >= 15 is 0 Å². The number of aromatic nitrogens is 2. The molecule has 0 amide bonds. The molecule has 2 nitrogen and oxygen atoms in total. The number of halogens is 3. The Morgan fingerprint density at radius 3 is 2.53 bits per heavy atom. The van der Waals surface area contributed by atoms with Crippen molar-refractivity contribution in [3.05, 3.63) is 54.8 Å². The standard InChI is InChI=1S/C13H7Cl2IN2S/c14-7-5-10-12(6-8(7)15)18(13(19)17-10)11-4-2-1-3-9(11)16/h1-6H,(H,17,19). The van der Waals surface area contributed by atoms with Gasteiger partial charge in [0.25, 0.3) is 0 Å². The summed E-state index contributed by atoms with van der Waals surface area (Å²) >= 11 is 19.8. The van der Waals surface area contributed by atoms with Crippen LogP contribution in [0.1, 0.15) is 0 Å². The summed E-state index contributed by atoms with van der Waals surface area (Å²) in [7, 11) is 0. The van der Waals surface area contributed by atoms with Crippen LogP contribution in [0.3, 0.4) is 0 Å². The number of fused-ring (bicyclic) bond motifs is 1. The van der Waals surface area contributed by atoms with Crippen molar-refractivity contribution >= 4 is 69.0 Å². The van der Waals surface area contributed by atoms with Crippen molar-refractivity contribution in [2.45, 2.75) is 0 Å². The summed E-state index contributed by atoms with van der Waals surface area (Å²) in [5, 5.41) is 1.03. The van der Waals surface area contributed by atoms with Crippen molar-refractivity contribution in [1.29, 1.82) is 0 Å². The maximum Gasteiger partial charge on any atom is 0.182 e. The monoisotopic (exact) mass is 420 g/mol. The van der Waals surface area contributed by atoms with Crippen LogP contribution < -0.4 is 0 Å². The number of nitrogens with zero attached hydrogens (tertiary/aromatic N) is 1. The van der Waals surface area contributed by atoms with Gasteiger partial charge < -0.3 is 4.98 Å². The van der Waals surface area contributed by atoms with Gasteiger partial charge in [0.1, 0.15) is 0 Å². The van der Waals surface area contributed by atoms with E-state index in [1.165, 1.54) is 0 Å². The molecule has 1 heterocycles. The van der Waals surface area contributed by atoms with Gasteiger partial charge in [-0.1, -0.05) is 35.3 Å². The molecule has 0 unspecified atom stereocenters. The number of rotatable bonds is 1. The van der Waals surface area contributed by atoms with Gasteiger partial charge in [-0.05, 0) is 59.1 Å². The average Bonchev–Trinajstić information content (AvgIpc) is 2.66. The topological polar surface area (TPSA) is 20.7 Å². The molecule has 3 aromatic rings. The predicted molar refractivity (Wildman–Crippen MR) is 91.2 cm³/mol. The van der Waals surface area contributed by atoms with E-state index in [1.54, 1.807) is 6.07 Å². The Balaban J connectivity index is 2.42. The van der Waals surface area contributed by atoms with Crippen LogP contribution in [0.4, 0.5) is 0 Å². The highest BCUT2D eigenvalue weighted by Crippen LogP contribution is 2.30. The van der Waals surface area contributed by atoms with E-state index in [0.29, 0.717) is 14.8 Å². The fourth-order valence-electron chi connectivity index (χ4n) is 1.97. The zero-order valence-electron chi connectivity index (χ0n) is 9.45. The summed E-state index contributed by atoms with van der Waals surface area (Å²) in [5.74, 6) is 0. The fourth-order valence-corrected chi connectivity index (χ4v) is 3.23. The van der Waals surface area contributed by atoms with Crippen molar-refractivity contribution in [3.8, 4) is 5.69 Å². The number of para-hydroxylation sites is 1. The molecule has 0 spiro atoms. The van der Waals surface area contributed by atoms with Crippen LogP contribution in [0, 0.1) is 8.34 Å². The molecule has 0 aliphatic carbocycles. The lowest BCUT2D eigenvalue weighted by atomic mass is 10.3.